The number of unbranched alkanes of at least 4 members (excludes halogenated alkanes) is 1. The minimum Gasteiger partial charge on any atom is -0.507 e. The first-order chi connectivity index (χ1) is 16.8. The summed E-state index contributed by atoms with van der Waals surface area (Å²) in [4.78, 5) is 27.7. The molecule has 0 bridgehead atoms. The van der Waals surface area contributed by atoms with Gasteiger partial charge in [-0.25, -0.2) is 0 Å². The Balaban J connectivity index is 2.07. The van der Waals surface area contributed by atoms with Crippen molar-refractivity contribution in [3.8, 4) is 11.5 Å². The van der Waals surface area contributed by atoms with E-state index in [0.29, 0.717) is 41.7 Å². The Hall–Kier alpha value is -3.32. The van der Waals surface area contributed by atoms with Crippen molar-refractivity contribution in [2.24, 2.45) is 5.92 Å². The number of hydrogen-bond acceptors (Lipinski definition) is 6. The molecule has 2 N–H and O–H groups in total. The van der Waals surface area contributed by atoms with Crippen molar-refractivity contribution >= 4 is 17.4 Å². The fourth-order valence-electron chi connectivity index (χ4n) is 4.09. The summed E-state index contributed by atoms with van der Waals surface area (Å²) in [6, 6.07) is 11.6. The third kappa shape index (κ3) is 6.03. The van der Waals surface area contributed by atoms with Gasteiger partial charge in [0.05, 0.1) is 24.8 Å². The summed E-state index contributed by atoms with van der Waals surface area (Å²) < 4.78 is 11.4. The molecule has 2 aromatic carbocycles. The van der Waals surface area contributed by atoms with Crippen LogP contribution in [-0.2, 0) is 9.59 Å². The molecule has 1 heterocycles. The standard InChI is InChI=1S/C28H35NO6/c1-5-6-12-29-25(20-8-7-9-22(16-20)34-14-13-30)24(27(32)28(29)33)26(31)21-10-11-23(19(4)15-21)35-17-18(2)3/h7-11,15-16,18,25,30-31H,5-6,12-14,17H2,1-4H3/b26-24+. The third-order valence-electron chi connectivity index (χ3n) is 5.85. The van der Waals surface area contributed by atoms with E-state index < -0.39 is 17.7 Å². The van der Waals surface area contributed by atoms with Crippen LogP contribution in [0.5, 0.6) is 11.5 Å². The number of Topliss-reactive ketones (excluding diaryl/α,β-unsaturated/α-hetero) is 1. The van der Waals surface area contributed by atoms with Gasteiger partial charge in [0.25, 0.3) is 11.7 Å². The number of likely N-dealkylation sites (tertiary alicyclic amines) is 1. The second-order valence-corrected chi connectivity index (χ2v) is 9.18. The number of ketones is 1. The van der Waals surface area contributed by atoms with Crippen molar-refractivity contribution in [1.29, 1.82) is 0 Å². The van der Waals surface area contributed by atoms with Gasteiger partial charge < -0.3 is 24.6 Å². The van der Waals surface area contributed by atoms with Crippen molar-refractivity contribution < 1.29 is 29.3 Å². The van der Waals surface area contributed by atoms with Gasteiger partial charge in [-0.2, -0.15) is 0 Å². The normalized spacial score (nSPS) is 17.3. The average molecular weight is 482 g/mol. The highest BCUT2D eigenvalue weighted by Gasteiger charge is 2.45. The topological polar surface area (TPSA) is 96.3 Å². The van der Waals surface area contributed by atoms with Gasteiger partial charge in [-0.1, -0.05) is 39.3 Å². The molecule has 1 saturated heterocycles. The van der Waals surface area contributed by atoms with Gasteiger partial charge in [-0.3, -0.25) is 9.59 Å². The molecule has 35 heavy (non-hydrogen) atoms. The number of ether oxygens (including phenoxy) is 2. The maximum Gasteiger partial charge on any atom is 0.295 e. The van der Waals surface area contributed by atoms with E-state index in [9.17, 15) is 14.7 Å². The van der Waals surface area contributed by atoms with E-state index in [1.54, 1.807) is 36.4 Å². The number of carbonyl (C=O) groups is 2. The predicted octanol–water partition coefficient (Wildman–Crippen LogP) is 4.62. The first kappa shape index (κ1) is 26.3. The number of aliphatic hydroxyl groups is 2. The molecule has 1 atom stereocenters. The van der Waals surface area contributed by atoms with E-state index in [-0.39, 0.29) is 24.5 Å². The molecular formula is C28H35NO6. The first-order valence-corrected chi connectivity index (χ1v) is 12.1. The summed E-state index contributed by atoms with van der Waals surface area (Å²) in [7, 11) is 0. The number of amides is 1. The van der Waals surface area contributed by atoms with Gasteiger partial charge in [-0.15, -0.1) is 0 Å². The first-order valence-electron chi connectivity index (χ1n) is 12.1. The second-order valence-electron chi connectivity index (χ2n) is 9.18. The van der Waals surface area contributed by atoms with Crippen LogP contribution in [-0.4, -0.2) is 53.2 Å². The van der Waals surface area contributed by atoms with Crippen molar-refractivity contribution in [3.05, 3.63) is 64.7 Å². The van der Waals surface area contributed by atoms with E-state index in [4.69, 9.17) is 14.6 Å². The molecule has 0 aliphatic carbocycles. The zero-order valence-corrected chi connectivity index (χ0v) is 20.9. The van der Waals surface area contributed by atoms with E-state index in [2.05, 4.69) is 13.8 Å². The van der Waals surface area contributed by atoms with Crippen LogP contribution in [0.2, 0.25) is 0 Å². The molecule has 188 valence electrons. The minimum atomic E-state index is -0.739. The third-order valence-corrected chi connectivity index (χ3v) is 5.85. The molecule has 2 aromatic rings. The van der Waals surface area contributed by atoms with Crippen LogP contribution < -0.4 is 9.47 Å². The predicted molar refractivity (Wildman–Crippen MR) is 134 cm³/mol. The number of rotatable bonds is 11. The summed E-state index contributed by atoms with van der Waals surface area (Å²) in [5.74, 6) is 0.0543. The fourth-order valence-corrected chi connectivity index (χ4v) is 4.09. The Kier molecular flexibility index (Phi) is 8.93. The van der Waals surface area contributed by atoms with Gasteiger partial charge in [0.15, 0.2) is 0 Å². The van der Waals surface area contributed by atoms with Crippen LogP contribution in [0.15, 0.2) is 48.0 Å². The monoisotopic (exact) mass is 481 g/mol. The molecule has 1 fully saturated rings. The molecule has 0 spiro atoms. The molecule has 0 saturated carbocycles. The van der Waals surface area contributed by atoms with Crippen LogP contribution in [0.4, 0.5) is 0 Å². The van der Waals surface area contributed by atoms with Crippen molar-refractivity contribution in [2.45, 2.75) is 46.6 Å². The van der Waals surface area contributed by atoms with Crippen LogP contribution >= 0.6 is 0 Å². The number of aliphatic hydroxyl groups excluding tert-OH is 2. The zero-order chi connectivity index (χ0) is 25.5. The summed E-state index contributed by atoms with van der Waals surface area (Å²) in [6.45, 7) is 8.99. The Morgan fingerprint density at radius 2 is 1.89 bits per heavy atom. The molecular weight excluding hydrogens is 446 g/mol. The Morgan fingerprint density at radius 1 is 1.11 bits per heavy atom. The van der Waals surface area contributed by atoms with Crippen molar-refractivity contribution in [1.82, 2.24) is 4.90 Å². The maximum atomic E-state index is 13.2. The summed E-state index contributed by atoms with van der Waals surface area (Å²) in [5, 5.41) is 20.4. The Labute approximate surface area is 207 Å². The van der Waals surface area contributed by atoms with Crippen LogP contribution in [0.3, 0.4) is 0 Å². The van der Waals surface area contributed by atoms with Crippen molar-refractivity contribution in [3.63, 3.8) is 0 Å². The fraction of sp³-hybridized carbons (Fsp3) is 0.429. The lowest BCUT2D eigenvalue weighted by molar-refractivity contribution is -0.139. The molecule has 7 heteroatoms. The van der Waals surface area contributed by atoms with Crippen LogP contribution in [0.25, 0.3) is 5.76 Å². The molecule has 0 radical (unpaired) electrons. The van der Waals surface area contributed by atoms with Gasteiger partial charge in [0, 0.05) is 12.1 Å². The number of aryl methyl sites for hydroxylation is 1. The molecule has 1 aliphatic heterocycles. The number of benzene rings is 2. The second kappa shape index (κ2) is 11.9. The maximum absolute atomic E-state index is 13.2. The molecule has 1 amide bonds. The minimum absolute atomic E-state index is 0.0562. The average Bonchev–Trinajstić information content (AvgIpc) is 3.09. The van der Waals surface area contributed by atoms with Crippen LogP contribution in [0.1, 0.15) is 56.3 Å². The summed E-state index contributed by atoms with van der Waals surface area (Å²) in [5.41, 5.74) is 1.99. The van der Waals surface area contributed by atoms with E-state index in [1.807, 2.05) is 19.9 Å². The summed E-state index contributed by atoms with van der Waals surface area (Å²) in [6.07, 6.45) is 1.58. The van der Waals surface area contributed by atoms with E-state index in [1.165, 1.54) is 4.90 Å². The highest BCUT2D eigenvalue weighted by Crippen LogP contribution is 2.40. The zero-order valence-electron chi connectivity index (χ0n) is 20.9. The summed E-state index contributed by atoms with van der Waals surface area (Å²) >= 11 is 0. The van der Waals surface area contributed by atoms with Crippen LogP contribution in [0, 0.1) is 12.8 Å². The highest BCUT2D eigenvalue weighted by atomic mass is 16.5. The number of nitrogens with zero attached hydrogens (tertiary/aromatic N) is 1. The lowest BCUT2D eigenvalue weighted by atomic mass is 9.94. The quantitative estimate of drug-likeness (QED) is 0.276. The van der Waals surface area contributed by atoms with Gasteiger partial charge >= 0.3 is 0 Å². The number of hydrogen-bond donors (Lipinski definition) is 2. The Morgan fingerprint density at radius 3 is 2.54 bits per heavy atom. The molecule has 0 aromatic heterocycles. The largest absolute Gasteiger partial charge is 0.507 e. The van der Waals surface area contributed by atoms with Gasteiger partial charge in [-0.05, 0) is 60.7 Å². The smallest absolute Gasteiger partial charge is 0.295 e. The molecule has 1 aliphatic rings. The molecule has 3 rings (SSSR count). The molecule has 7 nitrogen and oxygen atoms in total. The molecule has 1 unspecified atom stereocenters. The number of carbonyl (C=O) groups excluding carboxylic acids is 2. The van der Waals surface area contributed by atoms with E-state index >= 15 is 0 Å². The van der Waals surface area contributed by atoms with Gasteiger partial charge in [0.2, 0.25) is 0 Å². The van der Waals surface area contributed by atoms with E-state index in [0.717, 1.165) is 18.4 Å². The highest BCUT2D eigenvalue weighted by molar-refractivity contribution is 6.46. The SMILES string of the molecule is CCCCN1C(=O)C(=O)/C(=C(/O)c2ccc(OCC(C)C)c(C)c2)C1c1cccc(OCCO)c1. The van der Waals surface area contributed by atoms with Gasteiger partial charge in [0.1, 0.15) is 23.9 Å². The van der Waals surface area contributed by atoms with Crippen molar-refractivity contribution in [2.75, 3.05) is 26.4 Å². The Bertz CT molecular complexity index is 1090. The lowest BCUT2D eigenvalue weighted by Crippen LogP contribution is -2.30. The lowest BCUT2D eigenvalue weighted by Gasteiger charge is -2.25.